The summed E-state index contributed by atoms with van der Waals surface area (Å²) in [5.41, 5.74) is 0. The number of rotatable bonds is 16. The molecule has 0 aliphatic rings. The first-order valence-corrected chi connectivity index (χ1v) is 17.9. The van der Waals surface area contributed by atoms with E-state index in [0.717, 1.165) is 0 Å². The Morgan fingerprint density at radius 3 is 1.17 bits per heavy atom. The Balaban J connectivity index is 2.50. The van der Waals surface area contributed by atoms with E-state index >= 15 is 0 Å². The number of halogens is 16. The van der Waals surface area contributed by atoms with Crippen LogP contribution in [0.15, 0.2) is 57.2 Å². The number of aromatic hydroxyl groups is 2. The molecule has 0 amide bonds. The van der Waals surface area contributed by atoms with Crippen molar-refractivity contribution in [2.45, 2.75) is 61.5 Å². The van der Waals surface area contributed by atoms with Crippen molar-refractivity contribution in [3.63, 3.8) is 0 Å². The number of phenols is 2. The first kappa shape index (κ1) is 46.7. The first-order chi connectivity index (χ1) is 23.5. The molecule has 34 heteroatoms. The van der Waals surface area contributed by atoms with Gasteiger partial charge in [0.25, 0.3) is 40.0 Å². The van der Waals surface area contributed by atoms with Gasteiger partial charge in [0.05, 0.1) is 14.7 Å². The zero-order chi connectivity index (χ0) is 43.0. The van der Waals surface area contributed by atoms with E-state index in [4.69, 9.17) is 14.8 Å². The van der Waals surface area contributed by atoms with Gasteiger partial charge >= 0.3 is 46.8 Å². The molecule has 0 atom stereocenters. The second kappa shape index (κ2) is 13.4. The van der Waals surface area contributed by atoms with Gasteiger partial charge in [-0.1, -0.05) is 4.13 Å². The van der Waals surface area contributed by atoms with Crippen molar-refractivity contribution in [3.05, 3.63) is 42.5 Å². The topological polar surface area (TPSA) is 228 Å². The summed E-state index contributed by atoms with van der Waals surface area (Å²) in [6.45, 7) is 0. The molecular formula is C20H11F16NO13S4. The Kier molecular flexibility index (Phi) is 11.5. The lowest BCUT2D eigenvalue weighted by Gasteiger charge is -2.38. The Morgan fingerprint density at radius 2 is 0.815 bits per heavy atom. The Labute approximate surface area is 287 Å². The predicted octanol–water partition coefficient (Wildman–Crippen LogP) is 4.29. The van der Waals surface area contributed by atoms with E-state index in [-0.39, 0.29) is 34.5 Å². The van der Waals surface area contributed by atoms with E-state index in [1.165, 1.54) is 9.47 Å². The third-order valence-electron chi connectivity index (χ3n) is 5.83. The Morgan fingerprint density at radius 1 is 0.481 bits per heavy atom. The van der Waals surface area contributed by atoms with Gasteiger partial charge in [-0.25, -0.2) is 34.7 Å². The molecule has 0 saturated heterocycles. The van der Waals surface area contributed by atoms with Crippen LogP contribution < -0.4 is 4.13 Å². The summed E-state index contributed by atoms with van der Waals surface area (Å²) < 4.78 is 330. The molecule has 0 aromatic heterocycles. The van der Waals surface area contributed by atoms with Gasteiger partial charge in [-0.15, -0.1) is 0 Å². The molecule has 2 aromatic rings. The monoisotopic (exact) mass is 905 g/mol. The number of sulfone groups is 1. The maximum atomic E-state index is 14.2. The highest BCUT2D eigenvalue weighted by Crippen LogP contribution is 2.58. The molecule has 54 heavy (non-hydrogen) atoms. The van der Waals surface area contributed by atoms with Crippen molar-refractivity contribution in [2.24, 2.45) is 0 Å². The van der Waals surface area contributed by atoms with Crippen molar-refractivity contribution < 1.29 is 128 Å². The molecule has 2 rings (SSSR count). The van der Waals surface area contributed by atoms with Gasteiger partial charge in [0, 0.05) is 6.07 Å². The molecule has 0 bridgehead atoms. The molecule has 0 fully saturated rings. The minimum Gasteiger partial charge on any atom is -0.508 e. The van der Waals surface area contributed by atoms with E-state index in [9.17, 15) is 104 Å². The van der Waals surface area contributed by atoms with Crippen molar-refractivity contribution >= 4 is 40.0 Å². The van der Waals surface area contributed by atoms with Crippen LogP contribution in [0.1, 0.15) is 0 Å². The molecule has 0 radical (unpaired) electrons. The fraction of sp³-hybridized carbons (Fsp3) is 0.400. The molecule has 0 spiro atoms. The fourth-order valence-corrected chi connectivity index (χ4v) is 7.64. The molecule has 0 heterocycles. The number of phenolic OH excluding ortho intramolecular Hbond substituents is 2. The van der Waals surface area contributed by atoms with E-state index in [2.05, 4.69) is 0 Å². The first-order valence-electron chi connectivity index (χ1n) is 12.0. The van der Waals surface area contributed by atoms with Crippen LogP contribution in [0, 0.1) is 0 Å². The molecule has 14 nitrogen and oxygen atoms in total. The van der Waals surface area contributed by atoms with Crippen LogP contribution in [0.25, 0.3) is 0 Å². The Bertz CT molecular complexity index is 2200. The van der Waals surface area contributed by atoms with Crippen molar-refractivity contribution in [3.8, 4) is 11.5 Å². The summed E-state index contributed by atoms with van der Waals surface area (Å²) in [5, 5.41) is 3.12. The van der Waals surface area contributed by atoms with Gasteiger partial charge in [-0.2, -0.15) is 78.7 Å². The average Bonchev–Trinajstić information content (AvgIpc) is 2.94. The second-order valence-corrected chi connectivity index (χ2v) is 16.8. The van der Waals surface area contributed by atoms with E-state index in [1.807, 2.05) is 0 Å². The number of hydrogen-bond donors (Lipinski definition) is 4. The highest BCUT2D eigenvalue weighted by Gasteiger charge is 2.87. The number of ether oxygens (including phenoxy) is 2. The lowest BCUT2D eigenvalue weighted by molar-refractivity contribution is -0.523. The molecule has 0 saturated carbocycles. The Hall–Kier alpha value is -3.44. The zero-order valence-corrected chi connectivity index (χ0v) is 27.4. The third-order valence-corrected chi connectivity index (χ3v) is 12.0. The van der Waals surface area contributed by atoms with E-state index < -0.39 is 125 Å². The summed E-state index contributed by atoms with van der Waals surface area (Å²) in [7, 11) is -26.8. The molecule has 0 aliphatic carbocycles. The van der Waals surface area contributed by atoms with E-state index in [1.54, 1.807) is 0 Å². The van der Waals surface area contributed by atoms with Gasteiger partial charge in [0.15, 0.2) is 0 Å². The van der Waals surface area contributed by atoms with Crippen LogP contribution in [0.5, 0.6) is 11.5 Å². The van der Waals surface area contributed by atoms with Crippen molar-refractivity contribution in [2.75, 3.05) is 0 Å². The summed E-state index contributed by atoms with van der Waals surface area (Å²) in [4.78, 5) is -5.26. The highest BCUT2D eigenvalue weighted by molar-refractivity contribution is 8.05. The quantitative estimate of drug-likeness (QED) is 0.136. The molecular weight excluding hydrogens is 894 g/mol. The van der Waals surface area contributed by atoms with Crippen LogP contribution in [0.4, 0.5) is 70.2 Å². The minimum absolute atomic E-state index is 0.0566. The maximum absolute atomic E-state index is 14.2. The summed E-state index contributed by atoms with van der Waals surface area (Å²) >= 11 is 0. The van der Waals surface area contributed by atoms with Gasteiger partial charge in [-0.05, 0) is 36.4 Å². The number of alkyl halides is 16. The largest absolute Gasteiger partial charge is 0.508 e. The van der Waals surface area contributed by atoms with Crippen molar-refractivity contribution in [1.82, 2.24) is 4.13 Å². The maximum Gasteiger partial charge on any atom is 0.449 e. The molecule has 2 aromatic carbocycles. The minimum atomic E-state index is -8.72. The predicted molar refractivity (Wildman–Crippen MR) is 134 cm³/mol. The van der Waals surface area contributed by atoms with Crippen molar-refractivity contribution in [1.29, 1.82) is 0 Å². The van der Waals surface area contributed by atoms with Crippen LogP contribution in [-0.4, -0.2) is 95.2 Å². The number of benzene rings is 2. The van der Waals surface area contributed by atoms with Crippen LogP contribution >= 0.6 is 0 Å². The lowest BCUT2D eigenvalue weighted by Crippen LogP contribution is -2.68. The highest BCUT2D eigenvalue weighted by atomic mass is 32.3. The smallest absolute Gasteiger partial charge is 0.449 e. The molecule has 0 unspecified atom stereocenters. The van der Waals surface area contributed by atoms with Gasteiger partial charge in [-0.3, -0.25) is 4.55 Å². The number of sulfonamides is 2. The molecule has 0 aliphatic heterocycles. The van der Waals surface area contributed by atoms with Crippen LogP contribution in [0.3, 0.4) is 0 Å². The summed E-state index contributed by atoms with van der Waals surface area (Å²) in [5.74, 6) is -20.5. The second-order valence-electron chi connectivity index (χ2n) is 9.68. The van der Waals surface area contributed by atoms with Gasteiger partial charge < -0.3 is 10.2 Å². The lowest BCUT2D eigenvalue weighted by atomic mass is 10.1. The molecule has 4 N–H and O–H groups in total. The number of nitrogens with one attached hydrogen (secondary N) is 1. The fourth-order valence-electron chi connectivity index (χ4n) is 3.15. The standard InChI is InChI=1S/C20H11F16NO13S4/c21-13(22,15(25,26)49-17(29,30)19(33,34)51(40,41)12-6-8(38)5-9(39)7-12)14(23,24)16(27,28)50-18(31,32)20(35,36)54(47,48)37-52(42,43)10-1-3-11(4-2-10)53(44,45)46/h1-7,37-39H,(H,44,45,46). The normalized spacial score (nSPS) is 15.4. The van der Waals surface area contributed by atoms with Gasteiger partial charge in [0.2, 0.25) is 0 Å². The van der Waals surface area contributed by atoms with E-state index in [0.29, 0.717) is 0 Å². The average molecular weight is 906 g/mol. The summed E-state index contributed by atoms with van der Waals surface area (Å²) in [6.07, 6.45) is -32.6. The third kappa shape index (κ3) is 7.95. The molecule has 310 valence electrons. The number of hydrogen-bond acceptors (Lipinski definition) is 12. The van der Waals surface area contributed by atoms with Crippen LogP contribution in [0.2, 0.25) is 0 Å². The van der Waals surface area contributed by atoms with Crippen LogP contribution in [-0.2, 0) is 49.5 Å². The summed E-state index contributed by atoms with van der Waals surface area (Å²) in [6, 6.07) is -0.699. The zero-order valence-electron chi connectivity index (χ0n) is 24.1. The van der Waals surface area contributed by atoms with Gasteiger partial charge in [0.1, 0.15) is 11.5 Å². The SMILES string of the molecule is O=S(=O)(O)c1ccc(S(=O)(=O)NS(=O)(=O)C(F)(F)C(F)(F)OC(F)(F)C(F)(F)C(F)(F)C(F)(F)OC(F)(F)C(F)(F)S(=O)(=O)c2cc(O)cc(O)c2)cc1.